The molecule has 0 aromatic carbocycles. The summed E-state index contributed by atoms with van der Waals surface area (Å²) in [6.45, 7) is 4.58. The Bertz CT molecular complexity index is 995. The summed E-state index contributed by atoms with van der Waals surface area (Å²) < 4.78 is 23.1. The second kappa shape index (κ2) is 38.2. The van der Waals surface area contributed by atoms with Crippen molar-refractivity contribution in [3.05, 3.63) is 36.5 Å². The van der Waals surface area contributed by atoms with E-state index in [1.807, 2.05) is 27.2 Å². The van der Waals surface area contributed by atoms with Gasteiger partial charge in [0.05, 0.1) is 39.9 Å². The number of quaternary nitrogens is 1. The normalized spacial score (nSPS) is 14.7. The highest BCUT2D eigenvalue weighted by atomic mass is 31.2. The Labute approximate surface area is 340 Å². The zero-order valence-electron chi connectivity index (χ0n) is 36.6. The molecule has 0 bridgehead atoms. The Morgan fingerprint density at radius 3 is 1.49 bits per heavy atom. The van der Waals surface area contributed by atoms with Gasteiger partial charge in [-0.15, -0.1) is 0 Å². The summed E-state index contributed by atoms with van der Waals surface area (Å²) in [7, 11) is 1.24. The number of unbranched alkanes of at least 4 members (excludes halogenated alkanes) is 24. The molecule has 3 atom stereocenters. The SMILES string of the molecule is CCCCCC/C=C/CC/C=C/[C@@H](O)[C@H](COP(=O)([O-])OCC[N+](C)(C)C)NC(=O)CCCCCCCCCCCCCCC/C=C/CCCCCCCC. The predicted octanol–water partition coefficient (Wildman–Crippen LogP) is 12.1. The largest absolute Gasteiger partial charge is 0.756 e. The fourth-order valence-electron chi connectivity index (χ4n) is 6.40. The van der Waals surface area contributed by atoms with Crippen LogP contribution in [0.1, 0.15) is 200 Å². The first-order valence-corrected chi connectivity index (χ1v) is 24.3. The Kier molecular flexibility index (Phi) is 37.4. The molecular weight excluding hydrogens is 707 g/mol. The lowest BCUT2D eigenvalue weighted by Crippen LogP contribution is -2.45. The Morgan fingerprint density at radius 1 is 0.618 bits per heavy atom. The van der Waals surface area contributed by atoms with Crippen LogP contribution >= 0.6 is 7.82 Å². The highest BCUT2D eigenvalue weighted by Gasteiger charge is 2.23. The third-order valence-electron chi connectivity index (χ3n) is 10.1. The van der Waals surface area contributed by atoms with Crippen LogP contribution in [-0.2, 0) is 18.4 Å². The molecule has 0 aromatic heterocycles. The standard InChI is InChI=1S/C46H89N2O6P/c1-6-8-10-12-14-16-18-19-20-21-22-23-24-25-26-27-28-29-30-32-34-36-38-40-46(50)47-44(43-54-55(51,52)53-42-41-48(3,4)5)45(49)39-37-35-33-31-17-15-13-11-9-7-2/h17,19-20,31,37,39,44-45,49H,6-16,18,21-30,32-36,38,40-43H2,1-5H3,(H-,47,50,51,52)/b20-19+,31-17+,39-37+/t44-,45+/m0/s1. The zero-order chi connectivity index (χ0) is 40.7. The molecule has 0 aliphatic heterocycles. The minimum Gasteiger partial charge on any atom is -0.756 e. The molecule has 2 N–H and O–H groups in total. The number of allylic oxidation sites excluding steroid dienone is 5. The number of likely N-dealkylation sites (N-methyl/N-ethyl adjacent to an activating group) is 1. The average Bonchev–Trinajstić information content (AvgIpc) is 3.13. The molecule has 55 heavy (non-hydrogen) atoms. The first kappa shape index (κ1) is 53.7. The lowest BCUT2D eigenvalue weighted by molar-refractivity contribution is -0.870. The summed E-state index contributed by atoms with van der Waals surface area (Å²) in [5.74, 6) is -0.210. The second-order valence-corrected chi connectivity index (χ2v) is 18.2. The van der Waals surface area contributed by atoms with Crippen LogP contribution < -0.4 is 10.2 Å². The lowest BCUT2D eigenvalue weighted by atomic mass is 10.0. The van der Waals surface area contributed by atoms with E-state index in [1.165, 1.54) is 141 Å². The fourth-order valence-corrected chi connectivity index (χ4v) is 7.12. The number of hydrogen-bond donors (Lipinski definition) is 2. The monoisotopic (exact) mass is 797 g/mol. The van der Waals surface area contributed by atoms with Gasteiger partial charge in [0.15, 0.2) is 0 Å². The Morgan fingerprint density at radius 2 is 1.02 bits per heavy atom. The van der Waals surface area contributed by atoms with E-state index >= 15 is 0 Å². The van der Waals surface area contributed by atoms with Crippen molar-refractivity contribution in [2.75, 3.05) is 40.9 Å². The van der Waals surface area contributed by atoms with Gasteiger partial charge in [-0.2, -0.15) is 0 Å². The van der Waals surface area contributed by atoms with Crippen LogP contribution in [-0.4, -0.2) is 68.5 Å². The van der Waals surface area contributed by atoms with Crippen molar-refractivity contribution in [2.24, 2.45) is 0 Å². The summed E-state index contributed by atoms with van der Waals surface area (Å²) in [5.41, 5.74) is 0. The molecule has 0 fully saturated rings. The molecular formula is C46H89N2O6P. The van der Waals surface area contributed by atoms with Gasteiger partial charge >= 0.3 is 0 Å². The third kappa shape index (κ3) is 40.7. The number of phosphoric acid groups is 1. The van der Waals surface area contributed by atoms with Gasteiger partial charge in [0.1, 0.15) is 13.2 Å². The van der Waals surface area contributed by atoms with Crippen molar-refractivity contribution in [3.63, 3.8) is 0 Å². The van der Waals surface area contributed by atoms with Crippen LogP contribution in [0, 0.1) is 0 Å². The maximum atomic E-state index is 12.8. The van der Waals surface area contributed by atoms with Gasteiger partial charge in [0.2, 0.25) is 5.91 Å². The van der Waals surface area contributed by atoms with E-state index in [1.54, 1.807) is 6.08 Å². The van der Waals surface area contributed by atoms with Gasteiger partial charge in [0, 0.05) is 6.42 Å². The Balaban J connectivity index is 4.23. The highest BCUT2D eigenvalue weighted by Crippen LogP contribution is 2.38. The maximum Gasteiger partial charge on any atom is 0.268 e. The van der Waals surface area contributed by atoms with E-state index in [0.29, 0.717) is 17.4 Å². The molecule has 0 saturated carbocycles. The zero-order valence-corrected chi connectivity index (χ0v) is 37.5. The Hall–Kier alpha value is -1.28. The molecule has 0 rings (SSSR count). The molecule has 1 amide bonds. The summed E-state index contributed by atoms with van der Waals surface area (Å²) in [6.07, 6.45) is 46.4. The minimum atomic E-state index is -4.59. The molecule has 0 spiro atoms. The van der Waals surface area contributed by atoms with E-state index in [9.17, 15) is 19.4 Å². The molecule has 0 aliphatic rings. The van der Waals surface area contributed by atoms with E-state index < -0.39 is 26.6 Å². The van der Waals surface area contributed by atoms with Gasteiger partial charge in [-0.05, 0) is 57.8 Å². The smallest absolute Gasteiger partial charge is 0.268 e. The fraction of sp³-hybridized carbons (Fsp3) is 0.848. The van der Waals surface area contributed by atoms with Crippen molar-refractivity contribution < 1.29 is 32.9 Å². The van der Waals surface area contributed by atoms with E-state index in [-0.39, 0.29) is 12.5 Å². The summed E-state index contributed by atoms with van der Waals surface area (Å²) in [5, 5.41) is 13.7. The number of hydrogen-bond acceptors (Lipinski definition) is 6. The molecule has 0 aliphatic carbocycles. The average molecular weight is 797 g/mol. The number of phosphoric ester groups is 1. The summed E-state index contributed by atoms with van der Waals surface area (Å²) in [4.78, 5) is 25.2. The quantitative estimate of drug-likeness (QED) is 0.0276. The van der Waals surface area contributed by atoms with Gasteiger partial charge in [0.25, 0.3) is 7.82 Å². The number of aliphatic hydroxyl groups is 1. The molecule has 8 nitrogen and oxygen atoms in total. The number of amides is 1. The number of carbonyl (C=O) groups excluding carboxylic acids is 1. The van der Waals surface area contributed by atoms with E-state index in [4.69, 9.17) is 9.05 Å². The van der Waals surface area contributed by atoms with Crippen molar-refractivity contribution >= 4 is 13.7 Å². The number of aliphatic hydroxyl groups excluding tert-OH is 1. The number of rotatable bonds is 41. The van der Waals surface area contributed by atoms with Crippen LogP contribution in [0.2, 0.25) is 0 Å². The molecule has 0 aromatic rings. The van der Waals surface area contributed by atoms with Crippen LogP contribution in [0.4, 0.5) is 0 Å². The number of nitrogens with zero attached hydrogens (tertiary/aromatic N) is 1. The van der Waals surface area contributed by atoms with Crippen LogP contribution in [0.5, 0.6) is 0 Å². The van der Waals surface area contributed by atoms with Crippen LogP contribution in [0.3, 0.4) is 0 Å². The highest BCUT2D eigenvalue weighted by molar-refractivity contribution is 7.45. The minimum absolute atomic E-state index is 0.00621. The predicted molar refractivity (Wildman–Crippen MR) is 233 cm³/mol. The third-order valence-corrected chi connectivity index (χ3v) is 11.0. The van der Waals surface area contributed by atoms with Crippen molar-refractivity contribution in [1.82, 2.24) is 5.32 Å². The first-order valence-electron chi connectivity index (χ1n) is 22.9. The van der Waals surface area contributed by atoms with Crippen molar-refractivity contribution in [3.8, 4) is 0 Å². The van der Waals surface area contributed by atoms with Gasteiger partial charge in [-0.25, -0.2) is 0 Å². The second-order valence-electron chi connectivity index (χ2n) is 16.7. The van der Waals surface area contributed by atoms with Gasteiger partial charge < -0.3 is 28.8 Å². The van der Waals surface area contributed by atoms with Crippen molar-refractivity contribution in [1.29, 1.82) is 0 Å². The molecule has 0 saturated heterocycles. The van der Waals surface area contributed by atoms with Crippen molar-refractivity contribution in [2.45, 2.75) is 212 Å². The van der Waals surface area contributed by atoms with Gasteiger partial charge in [-0.1, -0.05) is 172 Å². The molecule has 0 heterocycles. The van der Waals surface area contributed by atoms with Crippen LogP contribution in [0.25, 0.3) is 0 Å². The topological polar surface area (TPSA) is 108 Å². The van der Waals surface area contributed by atoms with E-state index in [0.717, 1.165) is 38.5 Å². The summed E-state index contributed by atoms with van der Waals surface area (Å²) in [6, 6.07) is -0.899. The maximum absolute atomic E-state index is 12.8. The van der Waals surface area contributed by atoms with Crippen LogP contribution in [0.15, 0.2) is 36.5 Å². The molecule has 324 valence electrons. The molecule has 1 unspecified atom stereocenters. The van der Waals surface area contributed by atoms with Gasteiger partial charge in [-0.3, -0.25) is 9.36 Å². The van der Waals surface area contributed by atoms with E-state index in [2.05, 4.69) is 43.5 Å². The molecule has 0 radical (unpaired) electrons. The number of nitrogens with one attached hydrogen (secondary N) is 1. The molecule has 9 heteroatoms. The number of carbonyl (C=O) groups is 1. The summed E-state index contributed by atoms with van der Waals surface area (Å²) >= 11 is 0. The first-order chi connectivity index (χ1) is 26.5. The lowest BCUT2D eigenvalue weighted by Gasteiger charge is -2.29.